The molecule has 2 aromatic rings. The number of halogens is 2. The van der Waals surface area contributed by atoms with Crippen molar-refractivity contribution in [3.63, 3.8) is 0 Å². The maximum Gasteiger partial charge on any atom is 0.242 e. The molecule has 8 heteroatoms. The summed E-state index contributed by atoms with van der Waals surface area (Å²) in [7, 11) is -3.70. The number of aryl methyl sites for hydroxylation is 2. The van der Waals surface area contributed by atoms with E-state index in [1.165, 1.54) is 6.07 Å². The van der Waals surface area contributed by atoms with Gasteiger partial charge in [0.1, 0.15) is 4.90 Å². The summed E-state index contributed by atoms with van der Waals surface area (Å²) in [5, 5.41) is 4.63. The van der Waals surface area contributed by atoms with E-state index in [-0.39, 0.29) is 27.4 Å². The zero-order valence-corrected chi connectivity index (χ0v) is 15.5. The first-order valence-corrected chi connectivity index (χ1v) is 9.39. The molecule has 0 fully saturated rings. The first-order chi connectivity index (χ1) is 10.7. The lowest BCUT2D eigenvalue weighted by Crippen LogP contribution is -2.30. The van der Waals surface area contributed by atoms with E-state index >= 15 is 0 Å². The van der Waals surface area contributed by atoms with E-state index in [4.69, 9.17) is 23.2 Å². The normalized spacial score (nSPS) is 13.3. The van der Waals surface area contributed by atoms with Gasteiger partial charge in [0.2, 0.25) is 10.0 Å². The number of nitrogens with one attached hydrogen (secondary N) is 1. The zero-order chi connectivity index (χ0) is 17.2. The molecule has 0 radical (unpaired) electrons. The zero-order valence-electron chi connectivity index (χ0n) is 13.2. The lowest BCUT2D eigenvalue weighted by molar-refractivity contribution is 0.436. The first kappa shape index (κ1) is 18.3. The second kappa shape index (κ2) is 7.21. The molecule has 1 heterocycles. The molecule has 1 N–H and O–H groups in total. The van der Waals surface area contributed by atoms with E-state index < -0.39 is 10.0 Å². The van der Waals surface area contributed by atoms with Gasteiger partial charge in [-0.15, -0.1) is 0 Å². The first-order valence-electron chi connectivity index (χ1n) is 7.15. The van der Waals surface area contributed by atoms with Gasteiger partial charge in [-0.05, 0) is 38.0 Å². The average molecular weight is 376 g/mol. The SMILES string of the molecule is Cc1cc(C)n(C[C@H](C)CNS(=O)(=O)c2cccc(Cl)c2Cl)n1. The van der Waals surface area contributed by atoms with E-state index in [2.05, 4.69) is 9.82 Å². The molecule has 0 aliphatic heterocycles. The number of benzene rings is 1. The third kappa shape index (κ3) is 4.47. The molecular weight excluding hydrogens is 357 g/mol. The minimum Gasteiger partial charge on any atom is -0.269 e. The van der Waals surface area contributed by atoms with Crippen LogP contribution in [-0.4, -0.2) is 24.7 Å². The van der Waals surface area contributed by atoms with Gasteiger partial charge < -0.3 is 0 Å². The number of nitrogens with zero attached hydrogens (tertiary/aromatic N) is 2. The van der Waals surface area contributed by atoms with Gasteiger partial charge in [0.25, 0.3) is 0 Å². The Morgan fingerprint density at radius 3 is 2.61 bits per heavy atom. The molecule has 1 aromatic heterocycles. The second-order valence-electron chi connectivity index (χ2n) is 5.62. The molecule has 0 saturated carbocycles. The molecule has 1 aromatic carbocycles. The molecule has 0 aliphatic carbocycles. The van der Waals surface area contributed by atoms with Gasteiger partial charge in [-0.1, -0.05) is 36.2 Å². The van der Waals surface area contributed by atoms with Crippen molar-refractivity contribution in [1.29, 1.82) is 0 Å². The summed E-state index contributed by atoms with van der Waals surface area (Å²) >= 11 is 11.9. The van der Waals surface area contributed by atoms with Crippen LogP contribution in [0, 0.1) is 19.8 Å². The quantitative estimate of drug-likeness (QED) is 0.840. The Bertz CT molecular complexity index is 803. The van der Waals surface area contributed by atoms with Crippen LogP contribution < -0.4 is 4.72 Å². The largest absolute Gasteiger partial charge is 0.269 e. The number of sulfonamides is 1. The molecule has 2 rings (SSSR count). The third-order valence-corrected chi connectivity index (χ3v) is 5.81. The maximum absolute atomic E-state index is 12.4. The lowest BCUT2D eigenvalue weighted by Gasteiger charge is -2.15. The highest BCUT2D eigenvalue weighted by Crippen LogP contribution is 2.28. The summed E-state index contributed by atoms with van der Waals surface area (Å²) in [6.45, 7) is 6.77. The molecule has 0 aliphatic rings. The Morgan fingerprint density at radius 2 is 2.00 bits per heavy atom. The van der Waals surface area contributed by atoms with Crippen LogP contribution in [0.4, 0.5) is 0 Å². The molecule has 1 atom stereocenters. The fraction of sp³-hybridized carbons (Fsp3) is 0.400. The number of rotatable bonds is 6. The highest BCUT2D eigenvalue weighted by molar-refractivity contribution is 7.89. The van der Waals surface area contributed by atoms with Crippen LogP contribution in [0.2, 0.25) is 10.0 Å². The smallest absolute Gasteiger partial charge is 0.242 e. The second-order valence-corrected chi connectivity index (χ2v) is 8.14. The van der Waals surface area contributed by atoms with E-state index in [1.54, 1.807) is 12.1 Å². The topological polar surface area (TPSA) is 64.0 Å². The molecular formula is C15H19Cl2N3O2S. The van der Waals surface area contributed by atoms with Crippen LogP contribution in [-0.2, 0) is 16.6 Å². The Hall–Kier alpha value is -1.08. The van der Waals surface area contributed by atoms with Crippen molar-refractivity contribution in [2.24, 2.45) is 5.92 Å². The van der Waals surface area contributed by atoms with Crippen LogP contribution in [0.5, 0.6) is 0 Å². The van der Waals surface area contributed by atoms with E-state index in [1.807, 2.05) is 31.5 Å². The Balaban J connectivity index is 2.04. The average Bonchev–Trinajstić information content (AvgIpc) is 2.77. The lowest BCUT2D eigenvalue weighted by atomic mass is 10.2. The van der Waals surface area contributed by atoms with Gasteiger partial charge in [-0.3, -0.25) is 4.68 Å². The standard InChI is InChI=1S/C15H19Cl2N3O2S/c1-10(9-20-12(3)7-11(2)19-20)8-18-23(21,22)14-6-4-5-13(16)15(14)17/h4-7,10,18H,8-9H2,1-3H3/t10-/m1/s1. The van der Waals surface area contributed by atoms with Crippen molar-refractivity contribution in [3.05, 3.63) is 45.7 Å². The van der Waals surface area contributed by atoms with E-state index in [9.17, 15) is 8.42 Å². The summed E-state index contributed by atoms with van der Waals surface area (Å²) in [5.41, 5.74) is 2.00. The summed E-state index contributed by atoms with van der Waals surface area (Å²) in [5.74, 6) is 0.0701. The molecule has 0 spiro atoms. The summed E-state index contributed by atoms with van der Waals surface area (Å²) in [4.78, 5) is -0.00928. The maximum atomic E-state index is 12.4. The molecule has 0 amide bonds. The van der Waals surface area contributed by atoms with Crippen molar-refractivity contribution in [2.75, 3.05) is 6.54 Å². The molecule has 126 valence electrons. The van der Waals surface area contributed by atoms with Crippen molar-refractivity contribution >= 4 is 33.2 Å². The number of aromatic nitrogens is 2. The predicted octanol–water partition coefficient (Wildman–Crippen LogP) is 3.42. The number of hydrogen-bond acceptors (Lipinski definition) is 3. The minimum absolute atomic E-state index is 0.00928. The Morgan fingerprint density at radius 1 is 1.30 bits per heavy atom. The van der Waals surface area contributed by atoms with Crippen molar-refractivity contribution in [1.82, 2.24) is 14.5 Å². The fourth-order valence-corrected chi connectivity index (χ4v) is 4.17. The Kier molecular flexibility index (Phi) is 5.73. The van der Waals surface area contributed by atoms with Gasteiger partial charge in [-0.2, -0.15) is 5.10 Å². The van der Waals surface area contributed by atoms with Crippen molar-refractivity contribution in [2.45, 2.75) is 32.2 Å². The van der Waals surface area contributed by atoms with Crippen molar-refractivity contribution < 1.29 is 8.42 Å². The molecule has 23 heavy (non-hydrogen) atoms. The van der Waals surface area contributed by atoms with Crippen LogP contribution in [0.1, 0.15) is 18.3 Å². The minimum atomic E-state index is -3.70. The summed E-state index contributed by atoms with van der Waals surface area (Å²) in [6, 6.07) is 6.53. The monoisotopic (exact) mass is 375 g/mol. The van der Waals surface area contributed by atoms with Crippen LogP contribution in [0.25, 0.3) is 0 Å². The van der Waals surface area contributed by atoms with Gasteiger partial charge in [-0.25, -0.2) is 13.1 Å². The highest BCUT2D eigenvalue weighted by Gasteiger charge is 2.20. The molecule has 0 saturated heterocycles. The van der Waals surface area contributed by atoms with Crippen molar-refractivity contribution in [3.8, 4) is 0 Å². The third-order valence-electron chi connectivity index (χ3n) is 3.42. The van der Waals surface area contributed by atoms with E-state index in [0.717, 1.165) is 11.4 Å². The van der Waals surface area contributed by atoms with Crippen LogP contribution in [0.3, 0.4) is 0 Å². The highest BCUT2D eigenvalue weighted by atomic mass is 35.5. The molecule has 0 unspecified atom stereocenters. The molecule has 0 bridgehead atoms. The van der Waals surface area contributed by atoms with Gasteiger partial charge >= 0.3 is 0 Å². The predicted molar refractivity (Wildman–Crippen MR) is 92.5 cm³/mol. The number of hydrogen-bond donors (Lipinski definition) is 1. The van der Waals surface area contributed by atoms with Gasteiger partial charge in [0.05, 0.1) is 15.7 Å². The van der Waals surface area contributed by atoms with Crippen LogP contribution in [0.15, 0.2) is 29.2 Å². The van der Waals surface area contributed by atoms with Gasteiger partial charge in [0.15, 0.2) is 0 Å². The fourth-order valence-electron chi connectivity index (χ4n) is 2.24. The summed E-state index contributed by atoms with van der Waals surface area (Å²) < 4.78 is 29.2. The van der Waals surface area contributed by atoms with E-state index in [0.29, 0.717) is 6.54 Å². The summed E-state index contributed by atoms with van der Waals surface area (Å²) in [6.07, 6.45) is 0. The molecule has 5 nitrogen and oxygen atoms in total. The van der Waals surface area contributed by atoms with Crippen LogP contribution >= 0.6 is 23.2 Å². The van der Waals surface area contributed by atoms with Gasteiger partial charge in [0, 0.05) is 18.8 Å². The Labute approximate surface area is 146 Å².